The summed E-state index contributed by atoms with van der Waals surface area (Å²) in [5.41, 5.74) is -0.374. The molecule has 8 heteroatoms. The summed E-state index contributed by atoms with van der Waals surface area (Å²) in [4.78, 5) is 24.9. The van der Waals surface area contributed by atoms with E-state index >= 15 is 0 Å². The molecule has 108 valence electrons. The third-order valence-electron chi connectivity index (χ3n) is 4.14. The van der Waals surface area contributed by atoms with Gasteiger partial charge < -0.3 is 15.3 Å². The predicted molar refractivity (Wildman–Crippen MR) is 68.2 cm³/mol. The standard InChI is InChI=1S/C12H17N5O3/c1-12(2-3-13-7-12)11(20)16-4-8(5-16)17-6-9(10(18)19)14-15-17/h6,8,13H,2-5,7H2,1H3,(H,18,19). The summed E-state index contributed by atoms with van der Waals surface area (Å²) >= 11 is 0. The quantitative estimate of drug-likeness (QED) is 0.763. The van der Waals surface area contributed by atoms with E-state index in [1.54, 1.807) is 4.90 Å². The molecule has 3 heterocycles. The van der Waals surface area contributed by atoms with Gasteiger partial charge in [-0.3, -0.25) is 4.79 Å². The number of nitrogens with zero attached hydrogens (tertiary/aromatic N) is 4. The largest absolute Gasteiger partial charge is 0.476 e. The van der Waals surface area contributed by atoms with E-state index < -0.39 is 5.97 Å². The summed E-state index contributed by atoms with van der Waals surface area (Å²) in [6, 6.07) is 0.0255. The molecule has 0 spiro atoms. The van der Waals surface area contributed by atoms with E-state index in [-0.39, 0.29) is 23.1 Å². The number of hydrogen-bond donors (Lipinski definition) is 2. The Morgan fingerprint density at radius 2 is 2.25 bits per heavy atom. The fourth-order valence-electron chi connectivity index (χ4n) is 2.72. The van der Waals surface area contributed by atoms with Crippen molar-refractivity contribution in [1.82, 2.24) is 25.2 Å². The van der Waals surface area contributed by atoms with Crippen molar-refractivity contribution in [2.45, 2.75) is 19.4 Å². The number of likely N-dealkylation sites (tertiary alicyclic amines) is 1. The van der Waals surface area contributed by atoms with Crippen molar-refractivity contribution in [3.63, 3.8) is 0 Å². The number of carbonyl (C=O) groups is 2. The Morgan fingerprint density at radius 3 is 2.80 bits per heavy atom. The fraction of sp³-hybridized carbons (Fsp3) is 0.667. The molecule has 0 aliphatic carbocycles. The summed E-state index contributed by atoms with van der Waals surface area (Å²) in [6.07, 6.45) is 2.27. The first-order valence-electron chi connectivity index (χ1n) is 6.65. The van der Waals surface area contributed by atoms with Crippen LogP contribution in [-0.2, 0) is 4.79 Å². The zero-order chi connectivity index (χ0) is 14.3. The number of carboxylic acid groups (broad SMARTS) is 1. The third-order valence-corrected chi connectivity index (χ3v) is 4.14. The van der Waals surface area contributed by atoms with Gasteiger partial charge in [0.05, 0.1) is 17.7 Å². The third kappa shape index (κ3) is 2.05. The summed E-state index contributed by atoms with van der Waals surface area (Å²) in [7, 11) is 0. The molecule has 1 aromatic heterocycles. The molecule has 3 rings (SSSR count). The van der Waals surface area contributed by atoms with E-state index in [2.05, 4.69) is 15.6 Å². The summed E-state index contributed by atoms with van der Waals surface area (Å²) in [5, 5.41) is 19.4. The van der Waals surface area contributed by atoms with Gasteiger partial charge in [-0.05, 0) is 19.9 Å². The van der Waals surface area contributed by atoms with Crippen molar-refractivity contribution in [2.75, 3.05) is 26.2 Å². The van der Waals surface area contributed by atoms with E-state index in [9.17, 15) is 9.59 Å². The number of amides is 1. The lowest BCUT2D eigenvalue weighted by molar-refractivity contribution is -0.146. The van der Waals surface area contributed by atoms with Gasteiger partial charge in [-0.25, -0.2) is 9.48 Å². The molecule has 1 amide bonds. The van der Waals surface area contributed by atoms with Crippen molar-refractivity contribution in [3.05, 3.63) is 11.9 Å². The van der Waals surface area contributed by atoms with Crippen molar-refractivity contribution in [2.24, 2.45) is 5.41 Å². The van der Waals surface area contributed by atoms with Crippen LogP contribution in [0.4, 0.5) is 0 Å². The maximum absolute atomic E-state index is 12.4. The molecule has 8 nitrogen and oxygen atoms in total. The Balaban J connectivity index is 1.60. The molecule has 1 aromatic rings. The van der Waals surface area contributed by atoms with Gasteiger partial charge in [-0.15, -0.1) is 5.10 Å². The molecule has 0 bridgehead atoms. The first kappa shape index (κ1) is 13.0. The molecule has 0 radical (unpaired) electrons. The smallest absolute Gasteiger partial charge is 0.358 e. The average molecular weight is 279 g/mol. The SMILES string of the molecule is CC1(C(=O)N2CC(n3cc(C(=O)O)nn3)C2)CCNC1. The highest BCUT2D eigenvalue weighted by Gasteiger charge is 2.43. The van der Waals surface area contributed by atoms with Crippen LogP contribution in [-0.4, -0.2) is 63.1 Å². The molecule has 2 aliphatic heterocycles. The normalized spacial score (nSPS) is 26.6. The summed E-state index contributed by atoms with van der Waals surface area (Å²) < 4.78 is 1.53. The molecular weight excluding hydrogens is 262 g/mol. The second-order valence-electron chi connectivity index (χ2n) is 5.74. The molecule has 0 saturated carbocycles. The second kappa shape index (κ2) is 4.55. The maximum atomic E-state index is 12.4. The van der Waals surface area contributed by atoms with Gasteiger partial charge in [0.2, 0.25) is 5.91 Å². The fourth-order valence-corrected chi connectivity index (χ4v) is 2.72. The molecule has 2 saturated heterocycles. The Hall–Kier alpha value is -1.96. The number of rotatable bonds is 3. The van der Waals surface area contributed by atoms with Crippen LogP contribution in [0.1, 0.15) is 29.9 Å². The predicted octanol–water partition coefficient (Wildman–Crippen LogP) is -0.641. The van der Waals surface area contributed by atoms with Crippen LogP contribution in [0.2, 0.25) is 0 Å². The Bertz CT molecular complexity index is 543. The van der Waals surface area contributed by atoms with Crippen LogP contribution in [0.15, 0.2) is 6.20 Å². The van der Waals surface area contributed by atoms with Crippen LogP contribution in [0.25, 0.3) is 0 Å². The summed E-state index contributed by atoms with van der Waals surface area (Å²) in [6.45, 7) is 4.72. The highest BCUT2D eigenvalue weighted by molar-refractivity contribution is 5.85. The van der Waals surface area contributed by atoms with E-state index in [1.807, 2.05) is 6.92 Å². The Morgan fingerprint density at radius 1 is 1.50 bits per heavy atom. The number of aromatic carboxylic acids is 1. The Labute approximate surface area is 115 Å². The summed E-state index contributed by atoms with van der Waals surface area (Å²) in [5.74, 6) is -0.926. The zero-order valence-corrected chi connectivity index (χ0v) is 11.2. The Kier molecular flexibility index (Phi) is 2.97. The lowest BCUT2D eigenvalue weighted by Gasteiger charge is -2.42. The van der Waals surface area contributed by atoms with E-state index in [0.29, 0.717) is 13.1 Å². The minimum absolute atomic E-state index is 0.0255. The zero-order valence-electron chi connectivity index (χ0n) is 11.2. The highest BCUT2D eigenvalue weighted by atomic mass is 16.4. The number of carboxylic acids is 1. The second-order valence-corrected chi connectivity index (χ2v) is 5.74. The van der Waals surface area contributed by atoms with E-state index in [0.717, 1.165) is 19.5 Å². The molecule has 1 atom stereocenters. The molecule has 20 heavy (non-hydrogen) atoms. The van der Waals surface area contributed by atoms with E-state index in [1.165, 1.54) is 10.9 Å². The minimum Gasteiger partial charge on any atom is -0.476 e. The molecule has 1 unspecified atom stereocenters. The van der Waals surface area contributed by atoms with Crippen LogP contribution in [0.3, 0.4) is 0 Å². The van der Waals surface area contributed by atoms with E-state index in [4.69, 9.17) is 5.11 Å². The number of aromatic nitrogens is 3. The van der Waals surface area contributed by atoms with Crippen molar-refractivity contribution < 1.29 is 14.7 Å². The molecular formula is C12H17N5O3. The van der Waals surface area contributed by atoms with Gasteiger partial charge in [0.15, 0.2) is 5.69 Å². The lowest BCUT2D eigenvalue weighted by atomic mass is 9.86. The van der Waals surface area contributed by atoms with Crippen molar-refractivity contribution in [1.29, 1.82) is 0 Å². The number of hydrogen-bond acceptors (Lipinski definition) is 5. The van der Waals surface area contributed by atoms with Gasteiger partial charge in [-0.1, -0.05) is 5.21 Å². The molecule has 0 aromatic carbocycles. The molecule has 2 fully saturated rings. The lowest BCUT2D eigenvalue weighted by Crippen LogP contribution is -2.55. The van der Waals surface area contributed by atoms with Gasteiger partial charge >= 0.3 is 5.97 Å². The van der Waals surface area contributed by atoms with Gasteiger partial charge in [0.1, 0.15) is 0 Å². The van der Waals surface area contributed by atoms with Gasteiger partial charge in [0, 0.05) is 19.6 Å². The molecule has 2 N–H and O–H groups in total. The molecule has 2 aliphatic rings. The highest BCUT2D eigenvalue weighted by Crippen LogP contribution is 2.31. The first-order valence-corrected chi connectivity index (χ1v) is 6.65. The topological polar surface area (TPSA) is 100 Å². The first-order chi connectivity index (χ1) is 9.49. The minimum atomic E-state index is -1.09. The van der Waals surface area contributed by atoms with Crippen LogP contribution in [0, 0.1) is 5.41 Å². The van der Waals surface area contributed by atoms with Gasteiger partial charge in [0.25, 0.3) is 0 Å². The van der Waals surface area contributed by atoms with Crippen LogP contribution < -0.4 is 5.32 Å². The van der Waals surface area contributed by atoms with Crippen molar-refractivity contribution >= 4 is 11.9 Å². The maximum Gasteiger partial charge on any atom is 0.358 e. The van der Waals surface area contributed by atoms with Crippen LogP contribution in [0.5, 0.6) is 0 Å². The average Bonchev–Trinajstić information content (AvgIpc) is 2.97. The monoisotopic (exact) mass is 279 g/mol. The number of carbonyl (C=O) groups excluding carboxylic acids is 1. The van der Waals surface area contributed by atoms with Gasteiger partial charge in [-0.2, -0.15) is 0 Å². The van der Waals surface area contributed by atoms with Crippen LogP contribution >= 0.6 is 0 Å². The number of nitrogens with one attached hydrogen (secondary N) is 1. The van der Waals surface area contributed by atoms with Crippen molar-refractivity contribution in [3.8, 4) is 0 Å².